The van der Waals surface area contributed by atoms with E-state index in [1.165, 1.54) is 24.8 Å². The van der Waals surface area contributed by atoms with E-state index in [4.69, 9.17) is 4.99 Å². The Morgan fingerprint density at radius 3 is 2.57 bits per heavy atom. The second-order valence-corrected chi connectivity index (χ2v) is 7.93. The lowest BCUT2D eigenvalue weighted by Gasteiger charge is -2.27. The molecule has 0 spiro atoms. The van der Waals surface area contributed by atoms with Crippen LogP contribution in [0, 0.1) is 11.8 Å². The summed E-state index contributed by atoms with van der Waals surface area (Å²) in [4.78, 5) is 4.99. The minimum atomic E-state index is -0.0766. The third-order valence-electron chi connectivity index (χ3n) is 5.59. The van der Waals surface area contributed by atoms with Gasteiger partial charge in [-0.3, -0.25) is 0 Å². The summed E-state index contributed by atoms with van der Waals surface area (Å²) < 4.78 is 0. The van der Waals surface area contributed by atoms with E-state index in [1.54, 1.807) is 0 Å². The van der Waals surface area contributed by atoms with Gasteiger partial charge in [0, 0.05) is 16.9 Å². The molecule has 0 bridgehead atoms. The number of amidine groups is 1. The third kappa shape index (κ3) is 5.03. The van der Waals surface area contributed by atoms with Gasteiger partial charge in [-0.05, 0) is 36.5 Å². The molecule has 148 valence electrons. The van der Waals surface area contributed by atoms with Crippen molar-refractivity contribution in [2.24, 2.45) is 16.8 Å². The number of hydrogen-bond acceptors (Lipinski definition) is 3. The molecular weight excluding hydrogens is 342 g/mol. The fraction of sp³-hybridized carbons (Fsp3) is 0.400. The zero-order chi connectivity index (χ0) is 19.9. The Hall–Kier alpha value is -2.55. The number of aliphatic imine (C=N–C) groups is 1. The van der Waals surface area contributed by atoms with Crippen molar-refractivity contribution in [1.82, 2.24) is 5.32 Å². The van der Waals surface area contributed by atoms with Gasteiger partial charge < -0.3 is 10.6 Å². The van der Waals surface area contributed by atoms with Crippen LogP contribution in [-0.4, -0.2) is 5.84 Å². The van der Waals surface area contributed by atoms with Crippen molar-refractivity contribution in [3.05, 3.63) is 77.5 Å². The number of allylic oxidation sites excluding steroid dienone is 2. The van der Waals surface area contributed by atoms with Gasteiger partial charge in [-0.1, -0.05) is 88.6 Å². The zero-order valence-electron chi connectivity index (χ0n) is 17.6. The van der Waals surface area contributed by atoms with Crippen LogP contribution in [0.3, 0.4) is 0 Å². The van der Waals surface area contributed by atoms with E-state index >= 15 is 0 Å². The number of hydrogen-bond donors (Lipinski definition) is 2. The average molecular weight is 376 g/mol. The van der Waals surface area contributed by atoms with Crippen LogP contribution in [0.25, 0.3) is 0 Å². The number of benzene rings is 2. The van der Waals surface area contributed by atoms with Crippen LogP contribution >= 0.6 is 0 Å². The Bertz CT molecular complexity index is 823. The number of para-hydroxylation sites is 1. The van der Waals surface area contributed by atoms with Crippen LogP contribution in [0.15, 0.2) is 71.4 Å². The van der Waals surface area contributed by atoms with Crippen molar-refractivity contribution >= 4 is 11.5 Å². The van der Waals surface area contributed by atoms with Crippen LogP contribution in [0.5, 0.6) is 0 Å². The van der Waals surface area contributed by atoms with Crippen LogP contribution in [0.2, 0.25) is 0 Å². The number of rotatable bonds is 7. The molecule has 0 aromatic heterocycles. The summed E-state index contributed by atoms with van der Waals surface area (Å²) in [5.41, 5.74) is 4.57. The number of anilines is 1. The van der Waals surface area contributed by atoms with Crippen molar-refractivity contribution in [2.75, 3.05) is 5.32 Å². The van der Waals surface area contributed by atoms with Crippen LogP contribution in [0.1, 0.15) is 64.3 Å². The highest BCUT2D eigenvalue weighted by Crippen LogP contribution is 2.29. The molecule has 3 heteroatoms. The lowest BCUT2D eigenvalue weighted by atomic mass is 9.90. The molecule has 2 aromatic carbocycles. The second kappa shape index (κ2) is 9.59. The molecule has 0 saturated heterocycles. The standard InChI is InChI=1S/C25H33N3/c1-5-6-12-18(2)19(3)17-20(4)26-25-22-15-10-11-16-23(22)27-24(28-25)21-13-8-7-9-14-21/h7-11,13-19,24,27H,5-6,12H2,1-4H3,(H,26,28)/b20-17+. The summed E-state index contributed by atoms with van der Waals surface area (Å²) in [6, 6.07) is 18.8. The van der Waals surface area contributed by atoms with Gasteiger partial charge in [0.1, 0.15) is 12.0 Å². The van der Waals surface area contributed by atoms with Crippen LogP contribution in [0.4, 0.5) is 5.69 Å². The second-order valence-electron chi connectivity index (χ2n) is 7.93. The van der Waals surface area contributed by atoms with Crippen molar-refractivity contribution < 1.29 is 0 Å². The Morgan fingerprint density at radius 2 is 1.82 bits per heavy atom. The van der Waals surface area contributed by atoms with Gasteiger partial charge in [0.25, 0.3) is 0 Å². The number of unbranched alkanes of at least 4 members (excludes halogenated alkanes) is 1. The molecule has 3 rings (SSSR count). The van der Waals surface area contributed by atoms with Crippen molar-refractivity contribution in [1.29, 1.82) is 0 Å². The van der Waals surface area contributed by atoms with E-state index in [0.29, 0.717) is 11.8 Å². The normalized spacial score (nSPS) is 18.5. The molecule has 0 saturated carbocycles. The van der Waals surface area contributed by atoms with Crippen LogP contribution in [-0.2, 0) is 0 Å². The van der Waals surface area contributed by atoms with Gasteiger partial charge in [0.2, 0.25) is 0 Å². The van der Waals surface area contributed by atoms with E-state index in [0.717, 1.165) is 22.8 Å². The van der Waals surface area contributed by atoms with Crippen molar-refractivity contribution in [3.8, 4) is 0 Å². The Morgan fingerprint density at radius 1 is 1.11 bits per heavy atom. The van der Waals surface area contributed by atoms with Crippen LogP contribution < -0.4 is 10.6 Å². The predicted octanol–water partition coefficient (Wildman–Crippen LogP) is 6.51. The number of nitrogens with zero attached hydrogens (tertiary/aromatic N) is 1. The molecule has 1 aliphatic rings. The minimum Gasteiger partial charge on any atom is -0.359 e. The first-order chi connectivity index (χ1) is 13.6. The summed E-state index contributed by atoms with van der Waals surface area (Å²) in [5, 5.41) is 7.14. The summed E-state index contributed by atoms with van der Waals surface area (Å²) in [6.07, 6.45) is 6.12. The maximum atomic E-state index is 4.99. The van der Waals surface area contributed by atoms with Gasteiger partial charge in [-0.2, -0.15) is 0 Å². The van der Waals surface area contributed by atoms with Crippen molar-refractivity contribution in [3.63, 3.8) is 0 Å². The molecule has 3 unspecified atom stereocenters. The Balaban J connectivity index is 1.81. The third-order valence-corrected chi connectivity index (χ3v) is 5.59. The predicted molar refractivity (Wildman–Crippen MR) is 121 cm³/mol. The number of fused-ring (bicyclic) bond motifs is 1. The van der Waals surface area contributed by atoms with E-state index in [2.05, 4.69) is 92.9 Å². The zero-order valence-corrected chi connectivity index (χ0v) is 17.6. The van der Waals surface area contributed by atoms with E-state index in [9.17, 15) is 0 Å². The molecule has 0 radical (unpaired) electrons. The first-order valence-corrected chi connectivity index (χ1v) is 10.5. The maximum Gasteiger partial charge on any atom is 0.147 e. The molecule has 1 heterocycles. The molecular formula is C25H33N3. The molecule has 0 fully saturated rings. The topological polar surface area (TPSA) is 36.4 Å². The Labute approximate surface area is 170 Å². The van der Waals surface area contributed by atoms with Gasteiger partial charge >= 0.3 is 0 Å². The first kappa shape index (κ1) is 20.2. The molecule has 2 aromatic rings. The highest BCUT2D eigenvalue weighted by atomic mass is 15.2. The van der Waals surface area contributed by atoms with E-state index in [-0.39, 0.29) is 6.17 Å². The number of nitrogens with one attached hydrogen (secondary N) is 2. The fourth-order valence-electron chi connectivity index (χ4n) is 3.66. The summed E-state index contributed by atoms with van der Waals surface area (Å²) in [7, 11) is 0. The lowest BCUT2D eigenvalue weighted by molar-refractivity contribution is 0.411. The molecule has 3 atom stereocenters. The molecule has 2 N–H and O–H groups in total. The quantitative estimate of drug-likeness (QED) is 0.578. The first-order valence-electron chi connectivity index (χ1n) is 10.5. The highest BCUT2D eigenvalue weighted by Gasteiger charge is 2.21. The molecule has 0 amide bonds. The van der Waals surface area contributed by atoms with Gasteiger partial charge in [0.05, 0.1) is 0 Å². The molecule has 0 aliphatic carbocycles. The monoisotopic (exact) mass is 375 g/mol. The maximum absolute atomic E-state index is 4.99. The Kier molecular flexibility index (Phi) is 6.91. The average Bonchev–Trinajstić information content (AvgIpc) is 2.72. The van der Waals surface area contributed by atoms with Gasteiger partial charge in [-0.15, -0.1) is 0 Å². The minimum absolute atomic E-state index is 0.0766. The summed E-state index contributed by atoms with van der Waals surface area (Å²) >= 11 is 0. The summed E-state index contributed by atoms with van der Waals surface area (Å²) in [5.74, 6) is 2.17. The lowest BCUT2D eigenvalue weighted by Crippen LogP contribution is -2.30. The van der Waals surface area contributed by atoms with Gasteiger partial charge in [0.15, 0.2) is 0 Å². The van der Waals surface area contributed by atoms with Crippen molar-refractivity contribution in [2.45, 2.75) is 53.1 Å². The fourth-order valence-corrected chi connectivity index (χ4v) is 3.66. The smallest absolute Gasteiger partial charge is 0.147 e. The SMILES string of the molecule is CCCCC(C)C(C)/C=C(\C)NC1=NC(c2ccccc2)Nc2ccccc21. The molecule has 1 aliphatic heterocycles. The van der Waals surface area contributed by atoms with E-state index in [1.807, 2.05) is 6.07 Å². The molecule has 28 heavy (non-hydrogen) atoms. The highest BCUT2D eigenvalue weighted by molar-refractivity contribution is 6.05. The van der Waals surface area contributed by atoms with E-state index < -0.39 is 0 Å². The summed E-state index contributed by atoms with van der Waals surface area (Å²) in [6.45, 7) is 9.08. The molecule has 3 nitrogen and oxygen atoms in total. The van der Waals surface area contributed by atoms with Gasteiger partial charge in [-0.25, -0.2) is 4.99 Å². The largest absolute Gasteiger partial charge is 0.359 e.